The monoisotopic (exact) mass is 503 g/mol. The number of aliphatic imine (C=N–C) groups is 3. The van der Waals surface area contributed by atoms with Crippen molar-refractivity contribution < 1.29 is 14.6 Å². The molecule has 4 rings (SSSR count). The van der Waals surface area contributed by atoms with E-state index in [4.69, 9.17) is 26.4 Å². The Morgan fingerprint density at radius 2 is 2.17 bits per heavy atom. The van der Waals surface area contributed by atoms with Crippen LogP contribution in [0.3, 0.4) is 0 Å². The van der Waals surface area contributed by atoms with Crippen LogP contribution in [-0.4, -0.2) is 92.1 Å². The maximum Gasteiger partial charge on any atom is 0.247 e. The molecule has 3 aliphatic heterocycles. The Morgan fingerprint density at radius 1 is 1.34 bits per heavy atom. The Morgan fingerprint density at radius 3 is 2.94 bits per heavy atom. The van der Waals surface area contributed by atoms with Gasteiger partial charge in [-0.25, -0.2) is 0 Å². The maximum absolute atomic E-state index is 13.1. The van der Waals surface area contributed by atoms with Crippen LogP contribution in [0.5, 0.6) is 0 Å². The smallest absolute Gasteiger partial charge is 0.247 e. The highest BCUT2D eigenvalue weighted by Gasteiger charge is 2.32. The van der Waals surface area contributed by atoms with Crippen LogP contribution in [-0.2, 0) is 9.53 Å². The molecule has 11 heteroatoms. The highest BCUT2D eigenvalue weighted by molar-refractivity contribution is 6.30. The molecule has 190 valence electrons. The molecule has 3 unspecified atom stereocenters. The van der Waals surface area contributed by atoms with Crippen LogP contribution in [0.25, 0.3) is 0 Å². The van der Waals surface area contributed by atoms with Crippen LogP contribution in [0.2, 0.25) is 5.02 Å². The van der Waals surface area contributed by atoms with E-state index in [1.165, 1.54) is 0 Å². The summed E-state index contributed by atoms with van der Waals surface area (Å²) in [6, 6.07) is 6.88. The van der Waals surface area contributed by atoms with Gasteiger partial charge in [0.2, 0.25) is 11.9 Å². The summed E-state index contributed by atoms with van der Waals surface area (Å²) in [7, 11) is 0. The van der Waals surface area contributed by atoms with Gasteiger partial charge in [-0.2, -0.15) is 4.99 Å². The number of hydrogen-bond donors (Lipinski definition) is 4. The van der Waals surface area contributed by atoms with E-state index in [-0.39, 0.29) is 24.5 Å². The normalized spacial score (nSPS) is 23.6. The van der Waals surface area contributed by atoms with E-state index in [0.717, 1.165) is 37.5 Å². The van der Waals surface area contributed by atoms with Gasteiger partial charge in [-0.3, -0.25) is 14.8 Å². The zero-order chi connectivity index (χ0) is 24.6. The molecular formula is C24H34ClN7O3. The molecule has 0 aromatic heterocycles. The van der Waals surface area contributed by atoms with Crippen molar-refractivity contribution in [2.75, 3.05) is 46.0 Å². The lowest BCUT2D eigenvalue weighted by molar-refractivity contribution is -0.122. The number of carbonyl (C=O) groups excluding carboxylic acids is 1. The Labute approximate surface area is 210 Å². The number of amidine groups is 1. The Bertz CT molecular complexity index is 964. The van der Waals surface area contributed by atoms with E-state index in [1.807, 2.05) is 23.1 Å². The molecule has 0 bridgehead atoms. The molecule has 10 nitrogen and oxygen atoms in total. The fourth-order valence-corrected chi connectivity index (χ4v) is 4.52. The zero-order valence-corrected chi connectivity index (χ0v) is 20.7. The second-order valence-corrected chi connectivity index (χ2v) is 9.48. The van der Waals surface area contributed by atoms with Crippen LogP contribution in [0.4, 0.5) is 0 Å². The van der Waals surface area contributed by atoms with Gasteiger partial charge in [-0.1, -0.05) is 30.7 Å². The van der Waals surface area contributed by atoms with Gasteiger partial charge in [0.1, 0.15) is 11.9 Å². The predicted molar refractivity (Wildman–Crippen MR) is 137 cm³/mol. The van der Waals surface area contributed by atoms with Crippen molar-refractivity contribution in [1.29, 1.82) is 0 Å². The third kappa shape index (κ3) is 7.00. The van der Waals surface area contributed by atoms with Gasteiger partial charge < -0.3 is 30.7 Å². The van der Waals surface area contributed by atoms with Gasteiger partial charge >= 0.3 is 0 Å². The highest BCUT2D eigenvalue weighted by Crippen LogP contribution is 2.19. The van der Waals surface area contributed by atoms with Gasteiger partial charge in [0.05, 0.1) is 32.1 Å². The Hall–Kier alpha value is -2.53. The van der Waals surface area contributed by atoms with Crippen LogP contribution < -0.4 is 16.0 Å². The molecular weight excluding hydrogens is 470 g/mol. The molecule has 1 aromatic carbocycles. The number of hydrogen-bond acceptors (Lipinski definition) is 9. The van der Waals surface area contributed by atoms with Crippen molar-refractivity contribution in [3.05, 3.63) is 34.9 Å². The number of rotatable bonds is 8. The van der Waals surface area contributed by atoms with Crippen molar-refractivity contribution >= 4 is 35.6 Å². The minimum Gasteiger partial charge on any atom is -0.395 e. The number of ether oxygens (including phenoxy) is 1. The highest BCUT2D eigenvalue weighted by atomic mass is 35.5. The molecule has 35 heavy (non-hydrogen) atoms. The van der Waals surface area contributed by atoms with Crippen LogP contribution >= 0.6 is 11.6 Å². The molecule has 1 amide bonds. The van der Waals surface area contributed by atoms with E-state index in [0.29, 0.717) is 43.2 Å². The molecule has 0 spiro atoms. The van der Waals surface area contributed by atoms with Gasteiger partial charge in [0.25, 0.3) is 0 Å². The van der Waals surface area contributed by atoms with E-state index >= 15 is 0 Å². The quantitative estimate of drug-likeness (QED) is 0.392. The van der Waals surface area contributed by atoms with E-state index in [2.05, 4.69) is 32.9 Å². The summed E-state index contributed by atoms with van der Waals surface area (Å²) in [4.78, 5) is 28.9. The standard InChI is InChI=1S/C24H34ClN7O3/c1-16-12-27-24(29-19-5-9-35-10-6-19)31-22(16)32-14-21(28-15-32)23(34)30-20(13-26-7-8-33)17-3-2-4-18(25)11-17/h2-4,11,15-16,19-21,26,33H,5-10,12-14H2,1H3,(H,27,29)(H,30,34). The fourth-order valence-electron chi connectivity index (χ4n) is 4.32. The predicted octanol–water partition coefficient (Wildman–Crippen LogP) is 0.965. The first-order chi connectivity index (χ1) is 17.0. The number of guanidine groups is 1. The van der Waals surface area contributed by atoms with Crippen LogP contribution in [0.1, 0.15) is 31.4 Å². The van der Waals surface area contributed by atoms with Crippen molar-refractivity contribution in [1.82, 2.24) is 20.9 Å². The molecule has 0 saturated carbocycles. The third-order valence-electron chi connectivity index (χ3n) is 6.29. The fraction of sp³-hybridized carbons (Fsp3) is 0.583. The van der Waals surface area contributed by atoms with Crippen molar-refractivity contribution in [3.8, 4) is 0 Å². The molecule has 1 fully saturated rings. The SMILES string of the molecule is CC1CN=C(NC2CCOCC2)N=C1N1C=NC(C(=O)NC(CNCCO)c2cccc(Cl)c2)C1. The maximum atomic E-state index is 13.1. The summed E-state index contributed by atoms with van der Waals surface area (Å²) >= 11 is 6.17. The Kier molecular flexibility index (Phi) is 9.08. The molecule has 0 radical (unpaired) electrons. The Balaban J connectivity index is 1.37. The first-order valence-electron chi connectivity index (χ1n) is 12.2. The van der Waals surface area contributed by atoms with E-state index < -0.39 is 6.04 Å². The second-order valence-electron chi connectivity index (χ2n) is 9.04. The lowest BCUT2D eigenvalue weighted by Crippen LogP contribution is -2.46. The van der Waals surface area contributed by atoms with Gasteiger partial charge in [-0.05, 0) is 30.5 Å². The number of aliphatic hydroxyl groups excluding tert-OH is 1. The summed E-state index contributed by atoms with van der Waals surface area (Å²) in [6.07, 6.45) is 3.58. The summed E-state index contributed by atoms with van der Waals surface area (Å²) in [6.45, 7) is 5.56. The average molecular weight is 504 g/mol. The second kappa shape index (κ2) is 12.4. The molecule has 0 aliphatic carbocycles. The molecule has 3 atom stereocenters. The topological polar surface area (TPSA) is 123 Å². The number of nitrogens with zero attached hydrogens (tertiary/aromatic N) is 4. The zero-order valence-electron chi connectivity index (χ0n) is 20.0. The number of benzene rings is 1. The number of halogens is 1. The largest absolute Gasteiger partial charge is 0.395 e. The minimum absolute atomic E-state index is 0.0209. The molecule has 3 aliphatic rings. The summed E-state index contributed by atoms with van der Waals surface area (Å²) in [5.41, 5.74) is 0.889. The molecule has 4 N–H and O–H groups in total. The van der Waals surface area contributed by atoms with Crippen molar-refractivity contribution in [2.24, 2.45) is 20.9 Å². The van der Waals surface area contributed by atoms with E-state index in [1.54, 1.807) is 12.4 Å². The van der Waals surface area contributed by atoms with Crippen LogP contribution in [0.15, 0.2) is 39.2 Å². The van der Waals surface area contributed by atoms with Crippen LogP contribution in [0, 0.1) is 5.92 Å². The number of carbonyl (C=O) groups is 1. The summed E-state index contributed by atoms with van der Waals surface area (Å²) in [5.74, 6) is 1.47. The molecule has 1 saturated heterocycles. The number of amides is 1. The lowest BCUT2D eigenvalue weighted by Gasteiger charge is -2.28. The van der Waals surface area contributed by atoms with E-state index in [9.17, 15) is 4.79 Å². The summed E-state index contributed by atoms with van der Waals surface area (Å²) in [5, 5.41) is 19.4. The van der Waals surface area contributed by atoms with Gasteiger partial charge in [0, 0.05) is 43.3 Å². The van der Waals surface area contributed by atoms with Gasteiger partial charge in [0.15, 0.2) is 0 Å². The van der Waals surface area contributed by atoms with Gasteiger partial charge in [-0.15, -0.1) is 0 Å². The summed E-state index contributed by atoms with van der Waals surface area (Å²) < 4.78 is 5.43. The first kappa shape index (κ1) is 25.6. The minimum atomic E-state index is -0.546. The van der Waals surface area contributed by atoms with Crippen molar-refractivity contribution in [3.63, 3.8) is 0 Å². The lowest BCUT2D eigenvalue weighted by atomic mass is 10.1. The third-order valence-corrected chi connectivity index (χ3v) is 6.52. The van der Waals surface area contributed by atoms with Crippen molar-refractivity contribution in [2.45, 2.75) is 37.9 Å². The number of nitrogens with one attached hydrogen (secondary N) is 3. The molecule has 3 heterocycles. The average Bonchev–Trinajstić information content (AvgIpc) is 3.36. The first-order valence-corrected chi connectivity index (χ1v) is 12.6. The molecule has 1 aromatic rings. The number of aliphatic hydroxyl groups is 1.